The van der Waals surface area contributed by atoms with Gasteiger partial charge in [0.05, 0.1) is 13.7 Å². The number of rotatable bonds is 13. The van der Waals surface area contributed by atoms with Gasteiger partial charge in [-0.05, 0) is 42.8 Å². The van der Waals surface area contributed by atoms with E-state index in [-0.39, 0.29) is 24.0 Å². The van der Waals surface area contributed by atoms with Gasteiger partial charge in [-0.15, -0.1) is 24.0 Å². The predicted octanol–water partition coefficient (Wildman–Crippen LogP) is 3.18. The van der Waals surface area contributed by atoms with E-state index in [0.29, 0.717) is 13.2 Å². The lowest BCUT2D eigenvalue weighted by Gasteiger charge is -2.16. The first-order valence-corrected chi connectivity index (χ1v) is 10.6. The highest BCUT2D eigenvalue weighted by Gasteiger charge is 2.04. The Hall–Kier alpha value is -2.04. The Labute approximate surface area is 209 Å². The third kappa shape index (κ3) is 10.5. The molecule has 7 nitrogen and oxygen atoms in total. The van der Waals surface area contributed by atoms with Crippen molar-refractivity contribution in [3.8, 4) is 11.5 Å². The third-order valence-corrected chi connectivity index (χ3v) is 4.88. The van der Waals surface area contributed by atoms with Gasteiger partial charge in [0.15, 0.2) is 5.96 Å². The maximum absolute atomic E-state index is 5.90. The molecule has 0 aliphatic rings. The highest BCUT2D eigenvalue weighted by molar-refractivity contribution is 14.0. The van der Waals surface area contributed by atoms with Crippen LogP contribution in [0.25, 0.3) is 0 Å². The zero-order valence-corrected chi connectivity index (χ0v) is 21.9. The lowest BCUT2D eigenvalue weighted by atomic mass is 10.1. The summed E-state index contributed by atoms with van der Waals surface area (Å²) in [4.78, 5) is 6.50. The second-order valence-electron chi connectivity index (χ2n) is 7.21. The molecule has 2 aromatic rings. The zero-order chi connectivity index (χ0) is 22.3. The van der Waals surface area contributed by atoms with Crippen LogP contribution in [0.1, 0.15) is 11.1 Å². The van der Waals surface area contributed by atoms with E-state index in [1.54, 1.807) is 21.3 Å². The number of guanidine groups is 1. The smallest absolute Gasteiger partial charge is 0.191 e. The van der Waals surface area contributed by atoms with Gasteiger partial charge in [-0.25, -0.2) is 0 Å². The first-order chi connectivity index (χ1) is 15.2. The van der Waals surface area contributed by atoms with E-state index >= 15 is 0 Å². The van der Waals surface area contributed by atoms with Gasteiger partial charge in [0.1, 0.15) is 18.1 Å². The average Bonchev–Trinajstić information content (AvgIpc) is 2.80. The molecule has 0 amide bonds. The van der Waals surface area contributed by atoms with E-state index in [1.165, 1.54) is 5.56 Å². The fourth-order valence-electron chi connectivity index (χ4n) is 3.05. The van der Waals surface area contributed by atoms with Crippen LogP contribution < -0.4 is 20.1 Å². The van der Waals surface area contributed by atoms with E-state index in [9.17, 15) is 0 Å². The summed E-state index contributed by atoms with van der Waals surface area (Å²) in [7, 11) is 7.26. The van der Waals surface area contributed by atoms with Gasteiger partial charge in [0.25, 0.3) is 0 Å². The van der Waals surface area contributed by atoms with Gasteiger partial charge in [-0.2, -0.15) is 0 Å². The fraction of sp³-hybridized carbons (Fsp3) is 0.458. The van der Waals surface area contributed by atoms with E-state index < -0.39 is 0 Å². The molecular formula is C24H37IN4O3. The summed E-state index contributed by atoms with van der Waals surface area (Å²) >= 11 is 0. The van der Waals surface area contributed by atoms with E-state index in [4.69, 9.17) is 14.2 Å². The molecule has 2 N–H and O–H groups in total. The van der Waals surface area contributed by atoms with Crippen molar-refractivity contribution in [2.75, 3.05) is 61.2 Å². The maximum atomic E-state index is 5.90. The molecule has 0 unspecified atom stereocenters. The number of aliphatic imine (C=N–C) groups is 1. The van der Waals surface area contributed by atoms with Crippen LogP contribution in [0, 0.1) is 0 Å². The lowest BCUT2D eigenvalue weighted by Crippen LogP contribution is -2.37. The Morgan fingerprint density at radius 1 is 1.00 bits per heavy atom. The molecule has 2 aromatic carbocycles. The molecule has 178 valence electrons. The molecule has 32 heavy (non-hydrogen) atoms. The number of benzene rings is 2. The second kappa shape index (κ2) is 16.6. The van der Waals surface area contributed by atoms with Crippen LogP contribution in [0.5, 0.6) is 11.5 Å². The minimum absolute atomic E-state index is 0. The van der Waals surface area contributed by atoms with Crippen molar-refractivity contribution < 1.29 is 14.2 Å². The molecule has 0 aromatic heterocycles. The normalized spacial score (nSPS) is 11.1. The quantitative estimate of drug-likeness (QED) is 0.225. The molecule has 0 radical (unpaired) electrons. The van der Waals surface area contributed by atoms with Gasteiger partial charge >= 0.3 is 0 Å². The Kier molecular flexibility index (Phi) is 14.5. The van der Waals surface area contributed by atoms with E-state index in [0.717, 1.165) is 55.7 Å². The molecule has 0 heterocycles. The number of likely N-dealkylation sites (N-methyl/N-ethyl adjacent to an activating group) is 1. The number of nitrogens with one attached hydrogen (secondary N) is 2. The zero-order valence-electron chi connectivity index (χ0n) is 19.6. The number of halogens is 1. The summed E-state index contributed by atoms with van der Waals surface area (Å²) in [6.07, 6.45) is 0.854. The molecule has 0 aliphatic carbocycles. The van der Waals surface area contributed by atoms with Crippen LogP contribution in [0.4, 0.5) is 0 Å². The molecule has 0 saturated heterocycles. The number of para-hydroxylation sites is 1. The summed E-state index contributed by atoms with van der Waals surface area (Å²) < 4.78 is 16.4. The number of nitrogens with zero attached hydrogens (tertiary/aromatic N) is 2. The Balaban J connectivity index is 0.00000512. The van der Waals surface area contributed by atoms with Gasteiger partial charge < -0.3 is 29.7 Å². The number of methoxy groups -OCH3 is 2. The third-order valence-electron chi connectivity index (χ3n) is 4.88. The molecule has 2 rings (SSSR count). The molecule has 0 aliphatic heterocycles. The van der Waals surface area contributed by atoms with Crippen LogP contribution in [0.3, 0.4) is 0 Å². The summed E-state index contributed by atoms with van der Waals surface area (Å²) in [6.45, 7) is 4.55. The summed E-state index contributed by atoms with van der Waals surface area (Å²) in [5, 5.41) is 6.71. The molecule has 0 bridgehead atoms. The highest BCUT2D eigenvalue weighted by Crippen LogP contribution is 2.17. The van der Waals surface area contributed by atoms with Crippen LogP contribution in [-0.2, 0) is 17.7 Å². The van der Waals surface area contributed by atoms with Crippen molar-refractivity contribution in [1.82, 2.24) is 15.5 Å². The average molecular weight is 556 g/mol. The first kappa shape index (κ1) is 28.0. The van der Waals surface area contributed by atoms with Gasteiger partial charge in [-0.1, -0.05) is 30.3 Å². The van der Waals surface area contributed by atoms with Crippen LogP contribution >= 0.6 is 24.0 Å². The first-order valence-electron chi connectivity index (χ1n) is 10.6. The minimum atomic E-state index is 0. The maximum Gasteiger partial charge on any atom is 0.191 e. The van der Waals surface area contributed by atoms with Crippen molar-refractivity contribution >= 4 is 29.9 Å². The van der Waals surface area contributed by atoms with Gasteiger partial charge in [0, 0.05) is 40.3 Å². The monoisotopic (exact) mass is 556 g/mol. The van der Waals surface area contributed by atoms with Crippen LogP contribution in [0.2, 0.25) is 0 Å². The van der Waals surface area contributed by atoms with Crippen LogP contribution in [0.15, 0.2) is 53.5 Å². The standard InChI is InChI=1S/C24H36N4O3.HI/c1-25-24(26-13-12-21-9-5-6-11-23(21)30-4)27-19-20-8-7-10-22(18-20)31-17-15-28(2)14-16-29-3;/h5-11,18H,12-17,19H2,1-4H3,(H2,25,26,27);1H. The molecule has 0 fully saturated rings. The summed E-state index contributed by atoms with van der Waals surface area (Å²) in [6, 6.07) is 16.2. The fourth-order valence-corrected chi connectivity index (χ4v) is 3.05. The Morgan fingerprint density at radius 3 is 2.53 bits per heavy atom. The van der Waals surface area contributed by atoms with Crippen molar-refractivity contribution in [2.45, 2.75) is 13.0 Å². The summed E-state index contributed by atoms with van der Waals surface area (Å²) in [5.74, 6) is 2.55. The Morgan fingerprint density at radius 2 is 1.78 bits per heavy atom. The minimum Gasteiger partial charge on any atom is -0.496 e. The lowest BCUT2D eigenvalue weighted by molar-refractivity contribution is 0.150. The van der Waals surface area contributed by atoms with Crippen molar-refractivity contribution in [3.63, 3.8) is 0 Å². The molecule has 0 saturated carbocycles. The SMILES string of the molecule is CN=C(NCCc1ccccc1OC)NCc1cccc(OCCN(C)CCOC)c1.I. The van der Waals surface area contributed by atoms with E-state index in [1.807, 2.05) is 30.3 Å². The van der Waals surface area contributed by atoms with Gasteiger partial charge in [0.2, 0.25) is 0 Å². The number of hydrogen-bond acceptors (Lipinski definition) is 5. The van der Waals surface area contributed by atoms with Gasteiger partial charge in [-0.3, -0.25) is 4.99 Å². The summed E-state index contributed by atoms with van der Waals surface area (Å²) in [5.41, 5.74) is 2.31. The van der Waals surface area contributed by atoms with E-state index in [2.05, 4.69) is 45.8 Å². The Bertz CT molecular complexity index is 804. The highest BCUT2D eigenvalue weighted by atomic mass is 127. The molecule has 0 atom stereocenters. The predicted molar refractivity (Wildman–Crippen MR) is 142 cm³/mol. The number of hydrogen-bond donors (Lipinski definition) is 2. The number of ether oxygens (including phenoxy) is 3. The van der Waals surface area contributed by atoms with Crippen molar-refractivity contribution in [3.05, 3.63) is 59.7 Å². The van der Waals surface area contributed by atoms with Crippen LogP contribution in [-0.4, -0.2) is 72.0 Å². The second-order valence-corrected chi connectivity index (χ2v) is 7.21. The molecule has 0 spiro atoms. The molecule has 8 heteroatoms. The topological polar surface area (TPSA) is 67.4 Å². The molecular weight excluding hydrogens is 519 g/mol. The van der Waals surface area contributed by atoms with Crippen molar-refractivity contribution in [1.29, 1.82) is 0 Å². The largest absolute Gasteiger partial charge is 0.496 e. The van der Waals surface area contributed by atoms with Crippen molar-refractivity contribution in [2.24, 2.45) is 4.99 Å².